The Hall–Kier alpha value is -4.16. The molecule has 35 heavy (non-hydrogen) atoms. The summed E-state index contributed by atoms with van der Waals surface area (Å²) in [7, 11) is 1.54. The number of carbonyl (C=O) groups excluding carboxylic acids is 2. The monoisotopic (exact) mass is 469 g/mol. The second-order valence-corrected chi connectivity index (χ2v) is 8.11. The van der Waals surface area contributed by atoms with Gasteiger partial charge in [0.1, 0.15) is 12.4 Å². The Labute approximate surface area is 204 Å². The standard InChI is InChI=1S/C29H27NO5/c1-34-19-18-30-27(23-13-15-24(16-14-23)35-20-22-10-6-3-7-11-22)26(28(32)29(30)33)25(31)17-12-21-8-4-2-5-9-21/h2-17,27,32H,18-20H2,1H3/b17-12+. The number of methoxy groups -OCH3 is 1. The van der Waals surface area contributed by atoms with E-state index < -0.39 is 23.5 Å². The first-order valence-corrected chi connectivity index (χ1v) is 11.4. The Morgan fingerprint density at radius 3 is 2.29 bits per heavy atom. The Kier molecular flexibility index (Phi) is 7.75. The minimum Gasteiger partial charge on any atom is -0.503 e. The molecule has 0 aliphatic carbocycles. The number of hydrogen-bond donors (Lipinski definition) is 1. The molecule has 1 aliphatic heterocycles. The van der Waals surface area contributed by atoms with E-state index in [9.17, 15) is 14.7 Å². The van der Waals surface area contributed by atoms with Crippen LogP contribution >= 0.6 is 0 Å². The zero-order valence-electron chi connectivity index (χ0n) is 19.5. The highest BCUT2D eigenvalue weighted by Gasteiger charge is 2.42. The van der Waals surface area contributed by atoms with Gasteiger partial charge in [-0.1, -0.05) is 78.9 Å². The topological polar surface area (TPSA) is 76.1 Å². The van der Waals surface area contributed by atoms with E-state index in [1.54, 1.807) is 18.2 Å². The Bertz CT molecular complexity index is 1220. The van der Waals surface area contributed by atoms with Crippen LogP contribution in [-0.4, -0.2) is 42.0 Å². The third kappa shape index (κ3) is 5.67. The number of hydrogen-bond acceptors (Lipinski definition) is 5. The summed E-state index contributed by atoms with van der Waals surface area (Å²) in [6.45, 7) is 0.932. The van der Waals surface area contributed by atoms with Crippen molar-refractivity contribution in [2.75, 3.05) is 20.3 Å². The van der Waals surface area contributed by atoms with Gasteiger partial charge in [0.05, 0.1) is 18.2 Å². The van der Waals surface area contributed by atoms with E-state index in [0.717, 1.165) is 11.1 Å². The molecule has 0 aromatic heterocycles. The van der Waals surface area contributed by atoms with E-state index in [1.807, 2.05) is 72.8 Å². The summed E-state index contributed by atoms with van der Waals surface area (Å²) in [6.07, 6.45) is 3.06. The largest absolute Gasteiger partial charge is 0.503 e. The van der Waals surface area contributed by atoms with Gasteiger partial charge in [-0.05, 0) is 34.9 Å². The van der Waals surface area contributed by atoms with Crippen molar-refractivity contribution in [3.63, 3.8) is 0 Å². The number of carbonyl (C=O) groups is 2. The molecule has 0 saturated carbocycles. The molecular formula is C29H27NO5. The molecule has 3 aromatic carbocycles. The van der Waals surface area contributed by atoms with Crippen LogP contribution in [0.4, 0.5) is 0 Å². The molecule has 1 amide bonds. The highest BCUT2D eigenvalue weighted by atomic mass is 16.5. The normalized spacial score (nSPS) is 15.7. The van der Waals surface area contributed by atoms with Gasteiger partial charge in [0.15, 0.2) is 11.5 Å². The fourth-order valence-electron chi connectivity index (χ4n) is 3.99. The summed E-state index contributed by atoms with van der Waals surface area (Å²) in [5.74, 6) is -0.879. The molecule has 1 unspecified atom stereocenters. The zero-order chi connectivity index (χ0) is 24.6. The molecular weight excluding hydrogens is 442 g/mol. The molecule has 0 saturated heterocycles. The van der Waals surface area contributed by atoms with E-state index in [-0.39, 0.29) is 18.7 Å². The van der Waals surface area contributed by atoms with Crippen LogP contribution in [-0.2, 0) is 20.9 Å². The van der Waals surface area contributed by atoms with E-state index in [1.165, 1.54) is 18.1 Å². The van der Waals surface area contributed by atoms with Crippen LogP contribution in [0.15, 0.2) is 102 Å². The Morgan fingerprint density at radius 1 is 0.971 bits per heavy atom. The highest BCUT2D eigenvalue weighted by Crippen LogP contribution is 2.38. The predicted octanol–water partition coefficient (Wildman–Crippen LogP) is 4.89. The summed E-state index contributed by atoms with van der Waals surface area (Å²) in [6, 6.07) is 25.7. The van der Waals surface area contributed by atoms with Gasteiger partial charge in [0, 0.05) is 13.7 Å². The molecule has 0 radical (unpaired) electrons. The van der Waals surface area contributed by atoms with Gasteiger partial charge in [-0.2, -0.15) is 0 Å². The van der Waals surface area contributed by atoms with Crippen LogP contribution in [0.1, 0.15) is 22.7 Å². The van der Waals surface area contributed by atoms with Gasteiger partial charge in [-0.15, -0.1) is 0 Å². The van der Waals surface area contributed by atoms with E-state index in [0.29, 0.717) is 17.9 Å². The average molecular weight is 470 g/mol. The van der Waals surface area contributed by atoms with Crippen molar-refractivity contribution < 1.29 is 24.2 Å². The van der Waals surface area contributed by atoms with E-state index in [2.05, 4.69) is 0 Å². The number of benzene rings is 3. The first-order valence-electron chi connectivity index (χ1n) is 11.4. The minimum atomic E-state index is -0.728. The van der Waals surface area contributed by atoms with Crippen LogP contribution < -0.4 is 4.74 Å². The molecule has 1 atom stereocenters. The fraction of sp³-hybridized carbons (Fsp3) is 0.172. The number of aliphatic hydroxyl groups excluding tert-OH is 1. The van der Waals surface area contributed by atoms with Crippen molar-refractivity contribution in [2.24, 2.45) is 0 Å². The van der Waals surface area contributed by atoms with Crippen molar-refractivity contribution >= 4 is 17.8 Å². The Balaban J connectivity index is 1.58. The quantitative estimate of drug-likeness (QED) is 0.428. The van der Waals surface area contributed by atoms with E-state index in [4.69, 9.17) is 9.47 Å². The van der Waals surface area contributed by atoms with Crippen LogP contribution in [0.25, 0.3) is 6.08 Å². The van der Waals surface area contributed by atoms with E-state index >= 15 is 0 Å². The third-order valence-electron chi connectivity index (χ3n) is 5.78. The fourth-order valence-corrected chi connectivity index (χ4v) is 3.99. The molecule has 6 nitrogen and oxygen atoms in total. The highest BCUT2D eigenvalue weighted by molar-refractivity contribution is 6.14. The lowest BCUT2D eigenvalue weighted by atomic mass is 9.95. The van der Waals surface area contributed by atoms with Crippen LogP contribution in [0.3, 0.4) is 0 Å². The lowest BCUT2D eigenvalue weighted by Gasteiger charge is -2.26. The summed E-state index contributed by atoms with van der Waals surface area (Å²) in [5, 5.41) is 10.7. The third-order valence-corrected chi connectivity index (χ3v) is 5.78. The second-order valence-electron chi connectivity index (χ2n) is 8.11. The molecule has 0 bridgehead atoms. The SMILES string of the molecule is COCCN1C(=O)C(O)=C(C(=O)/C=C/c2ccccc2)C1c1ccc(OCc2ccccc2)cc1. The average Bonchev–Trinajstić information content (AvgIpc) is 3.16. The molecule has 1 aliphatic rings. The first-order chi connectivity index (χ1) is 17.1. The van der Waals surface area contributed by atoms with Crippen molar-refractivity contribution in [1.82, 2.24) is 4.90 Å². The minimum absolute atomic E-state index is 0.0521. The molecule has 3 aromatic rings. The molecule has 6 heteroatoms. The molecule has 0 fully saturated rings. The van der Waals surface area contributed by atoms with Gasteiger partial charge in [0.25, 0.3) is 5.91 Å². The predicted molar refractivity (Wildman–Crippen MR) is 134 cm³/mol. The van der Waals surface area contributed by atoms with Gasteiger partial charge >= 0.3 is 0 Å². The van der Waals surface area contributed by atoms with Crippen molar-refractivity contribution in [2.45, 2.75) is 12.6 Å². The zero-order valence-corrected chi connectivity index (χ0v) is 19.5. The second kappa shape index (κ2) is 11.3. The molecule has 1 heterocycles. The maximum absolute atomic E-state index is 13.2. The number of ketones is 1. The van der Waals surface area contributed by atoms with Crippen LogP contribution in [0.2, 0.25) is 0 Å². The summed E-state index contributed by atoms with van der Waals surface area (Å²) in [5.41, 5.74) is 2.64. The molecule has 1 N–H and O–H groups in total. The molecule has 4 rings (SSSR count). The van der Waals surface area contributed by atoms with Gasteiger partial charge < -0.3 is 19.5 Å². The lowest BCUT2D eigenvalue weighted by molar-refractivity contribution is -0.130. The maximum Gasteiger partial charge on any atom is 0.290 e. The van der Waals surface area contributed by atoms with Crippen molar-refractivity contribution in [1.29, 1.82) is 0 Å². The van der Waals surface area contributed by atoms with Gasteiger partial charge in [-0.3, -0.25) is 9.59 Å². The number of amides is 1. The molecule has 178 valence electrons. The number of aliphatic hydroxyl groups is 1. The number of nitrogens with zero attached hydrogens (tertiary/aromatic N) is 1. The smallest absolute Gasteiger partial charge is 0.290 e. The van der Waals surface area contributed by atoms with Crippen molar-refractivity contribution in [3.8, 4) is 5.75 Å². The number of ether oxygens (including phenoxy) is 2. The first kappa shape index (κ1) is 24.0. The van der Waals surface area contributed by atoms with Crippen LogP contribution in [0.5, 0.6) is 5.75 Å². The maximum atomic E-state index is 13.2. The summed E-state index contributed by atoms with van der Waals surface area (Å²) < 4.78 is 11.0. The summed E-state index contributed by atoms with van der Waals surface area (Å²) >= 11 is 0. The van der Waals surface area contributed by atoms with Crippen molar-refractivity contribution in [3.05, 3.63) is 119 Å². The van der Waals surface area contributed by atoms with Gasteiger partial charge in [0.2, 0.25) is 0 Å². The van der Waals surface area contributed by atoms with Crippen LogP contribution in [0, 0.1) is 0 Å². The number of rotatable bonds is 10. The van der Waals surface area contributed by atoms with Gasteiger partial charge in [-0.25, -0.2) is 0 Å². The molecule has 0 spiro atoms. The lowest BCUT2D eigenvalue weighted by Crippen LogP contribution is -2.33. The summed E-state index contributed by atoms with van der Waals surface area (Å²) in [4.78, 5) is 27.5. The Morgan fingerprint density at radius 2 is 1.63 bits per heavy atom. The number of allylic oxidation sites excluding steroid dienone is 1.